The van der Waals surface area contributed by atoms with Gasteiger partial charge in [-0.05, 0) is 18.1 Å². The zero-order valence-corrected chi connectivity index (χ0v) is 11.4. The van der Waals surface area contributed by atoms with Gasteiger partial charge in [0.25, 0.3) is 5.91 Å². The number of nitrogens with zero attached hydrogens (tertiary/aromatic N) is 2. The van der Waals surface area contributed by atoms with Gasteiger partial charge in [-0.3, -0.25) is 9.78 Å². The number of piperidine rings is 1. The summed E-state index contributed by atoms with van der Waals surface area (Å²) in [6, 6.07) is 3.56. The van der Waals surface area contributed by atoms with Crippen LogP contribution in [0.25, 0.3) is 0 Å². The summed E-state index contributed by atoms with van der Waals surface area (Å²) in [6.07, 6.45) is 3.37. The van der Waals surface area contributed by atoms with Crippen molar-refractivity contribution in [3.63, 3.8) is 0 Å². The highest BCUT2D eigenvalue weighted by molar-refractivity contribution is 5.92. The van der Waals surface area contributed by atoms with Gasteiger partial charge in [0.2, 0.25) is 0 Å². The molecule has 2 saturated heterocycles. The molecule has 0 bridgehead atoms. The minimum atomic E-state index is -0.592. The molecule has 1 aromatic heterocycles. The molecule has 6 heteroatoms. The predicted octanol–water partition coefficient (Wildman–Crippen LogP) is 0.519. The van der Waals surface area contributed by atoms with E-state index >= 15 is 0 Å². The molecule has 0 unspecified atom stereocenters. The van der Waals surface area contributed by atoms with Crippen LogP contribution in [0.2, 0.25) is 0 Å². The number of amides is 1. The summed E-state index contributed by atoms with van der Waals surface area (Å²) in [5, 5.41) is 0. The number of aromatic nitrogens is 1. The third kappa shape index (κ3) is 2.54. The van der Waals surface area contributed by atoms with Crippen LogP contribution in [0, 0.1) is 0 Å². The highest BCUT2D eigenvalue weighted by atomic mass is 16.7. The molecule has 0 saturated carbocycles. The fourth-order valence-electron chi connectivity index (χ4n) is 2.73. The van der Waals surface area contributed by atoms with E-state index in [-0.39, 0.29) is 5.91 Å². The van der Waals surface area contributed by atoms with E-state index in [4.69, 9.17) is 15.2 Å². The number of ether oxygens (including phenoxy) is 2. The van der Waals surface area contributed by atoms with Crippen molar-refractivity contribution < 1.29 is 14.3 Å². The van der Waals surface area contributed by atoms with Gasteiger partial charge in [-0.1, -0.05) is 6.07 Å². The van der Waals surface area contributed by atoms with Gasteiger partial charge in [-0.25, -0.2) is 0 Å². The molecule has 2 fully saturated rings. The Morgan fingerprint density at radius 2 is 2.20 bits per heavy atom. The standard InChI is InChI=1S/C14H19N3O3/c15-8-11-2-3-12(16-9-11)13(18)17-5-1-4-14(10-17)19-6-7-20-14/h2-3,9H,1,4-8,10,15H2. The zero-order valence-electron chi connectivity index (χ0n) is 11.4. The van der Waals surface area contributed by atoms with Crippen LogP contribution in [0.3, 0.4) is 0 Å². The van der Waals surface area contributed by atoms with Gasteiger partial charge in [-0.15, -0.1) is 0 Å². The lowest BCUT2D eigenvalue weighted by Gasteiger charge is -2.38. The van der Waals surface area contributed by atoms with Crippen LogP contribution >= 0.6 is 0 Å². The summed E-state index contributed by atoms with van der Waals surface area (Å²) in [6.45, 7) is 2.83. The Kier molecular flexibility index (Phi) is 3.69. The van der Waals surface area contributed by atoms with Gasteiger partial charge >= 0.3 is 0 Å². The Morgan fingerprint density at radius 3 is 2.85 bits per heavy atom. The Labute approximate surface area is 117 Å². The van der Waals surface area contributed by atoms with Gasteiger partial charge in [0.1, 0.15) is 5.69 Å². The van der Waals surface area contributed by atoms with E-state index in [1.165, 1.54) is 0 Å². The van der Waals surface area contributed by atoms with E-state index in [1.807, 2.05) is 6.07 Å². The molecular weight excluding hydrogens is 258 g/mol. The molecular formula is C14H19N3O3. The second-order valence-electron chi connectivity index (χ2n) is 5.19. The summed E-state index contributed by atoms with van der Waals surface area (Å²) in [5.41, 5.74) is 6.89. The molecule has 108 valence electrons. The topological polar surface area (TPSA) is 77.7 Å². The number of hydrogen-bond donors (Lipinski definition) is 1. The number of hydrogen-bond acceptors (Lipinski definition) is 5. The summed E-state index contributed by atoms with van der Waals surface area (Å²) in [5.74, 6) is -0.669. The van der Waals surface area contributed by atoms with E-state index in [0.29, 0.717) is 38.5 Å². The van der Waals surface area contributed by atoms with Gasteiger partial charge in [-0.2, -0.15) is 0 Å². The maximum atomic E-state index is 12.5. The molecule has 0 aromatic carbocycles. The average molecular weight is 277 g/mol. The molecule has 0 radical (unpaired) electrons. The van der Waals surface area contributed by atoms with Crippen molar-refractivity contribution in [1.29, 1.82) is 0 Å². The number of likely N-dealkylation sites (tertiary alicyclic amines) is 1. The summed E-state index contributed by atoms with van der Waals surface area (Å²) in [7, 11) is 0. The first-order valence-corrected chi connectivity index (χ1v) is 6.95. The lowest BCUT2D eigenvalue weighted by Crippen LogP contribution is -2.51. The highest BCUT2D eigenvalue weighted by Crippen LogP contribution is 2.30. The average Bonchev–Trinajstić information content (AvgIpc) is 2.94. The Balaban J connectivity index is 1.72. The number of carbonyl (C=O) groups excluding carboxylic acids is 1. The first-order chi connectivity index (χ1) is 9.72. The molecule has 1 aromatic rings. The SMILES string of the molecule is NCc1ccc(C(=O)N2CCCC3(C2)OCCO3)nc1. The maximum absolute atomic E-state index is 12.5. The van der Waals surface area contributed by atoms with Crippen molar-refractivity contribution in [2.24, 2.45) is 5.73 Å². The Hall–Kier alpha value is -1.50. The third-order valence-electron chi connectivity index (χ3n) is 3.80. The predicted molar refractivity (Wildman–Crippen MR) is 71.9 cm³/mol. The van der Waals surface area contributed by atoms with Crippen molar-refractivity contribution in [2.45, 2.75) is 25.2 Å². The van der Waals surface area contributed by atoms with Crippen molar-refractivity contribution in [3.05, 3.63) is 29.6 Å². The monoisotopic (exact) mass is 277 g/mol. The molecule has 2 aliphatic rings. The smallest absolute Gasteiger partial charge is 0.272 e. The van der Waals surface area contributed by atoms with Crippen LogP contribution in [0.4, 0.5) is 0 Å². The van der Waals surface area contributed by atoms with Gasteiger partial charge in [0.15, 0.2) is 5.79 Å². The highest BCUT2D eigenvalue weighted by Gasteiger charge is 2.42. The largest absolute Gasteiger partial charge is 0.346 e. The van der Waals surface area contributed by atoms with Crippen LogP contribution in [-0.4, -0.2) is 47.9 Å². The minimum absolute atomic E-state index is 0.0771. The quantitative estimate of drug-likeness (QED) is 0.852. The van der Waals surface area contributed by atoms with Crippen LogP contribution in [0.1, 0.15) is 28.9 Å². The Bertz CT molecular complexity index is 483. The molecule has 2 aliphatic heterocycles. The van der Waals surface area contributed by atoms with Crippen molar-refractivity contribution in [3.8, 4) is 0 Å². The van der Waals surface area contributed by atoms with Crippen molar-refractivity contribution in [2.75, 3.05) is 26.3 Å². The normalized spacial score (nSPS) is 21.4. The summed E-state index contributed by atoms with van der Waals surface area (Å²) in [4.78, 5) is 18.4. The second kappa shape index (κ2) is 5.47. The first kappa shape index (κ1) is 13.5. The minimum Gasteiger partial charge on any atom is -0.346 e. The number of pyridine rings is 1. The van der Waals surface area contributed by atoms with Crippen LogP contribution in [0.15, 0.2) is 18.3 Å². The molecule has 1 amide bonds. The van der Waals surface area contributed by atoms with Crippen molar-refractivity contribution in [1.82, 2.24) is 9.88 Å². The maximum Gasteiger partial charge on any atom is 0.272 e. The second-order valence-corrected chi connectivity index (χ2v) is 5.19. The third-order valence-corrected chi connectivity index (χ3v) is 3.80. The number of rotatable bonds is 2. The molecule has 6 nitrogen and oxygen atoms in total. The molecule has 3 rings (SSSR count). The molecule has 2 N–H and O–H groups in total. The van der Waals surface area contributed by atoms with Gasteiger partial charge in [0, 0.05) is 25.7 Å². The van der Waals surface area contributed by atoms with E-state index in [2.05, 4.69) is 4.98 Å². The number of nitrogens with two attached hydrogens (primary N) is 1. The van der Waals surface area contributed by atoms with E-state index in [9.17, 15) is 4.79 Å². The molecule has 0 atom stereocenters. The fraction of sp³-hybridized carbons (Fsp3) is 0.571. The lowest BCUT2D eigenvalue weighted by atomic mass is 10.0. The first-order valence-electron chi connectivity index (χ1n) is 6.95. The van der Waals surface area contributed by atoms with Gasteiger partial charge in [0.05, 0.1) is 19.8 Å². The number of carbonyl (C=O) groups is 1. The fourth-order valence-corrected chi connectivity index (χ4v) is 2.73. The van der Waals surface area contributed by atoms with Crippen LogP contribution < -0.4 is 5.73 Å². The Morgan fingerprint density at radius 1 is 1.40 bits per heavy atom. The van der Waals surface area contributed by atoms with Crippen molar-refractivity contribution >= 4 is 5.91 Å². The lowest BCUT2D eigenvalue weighted by molar-refractivity contribution is -0.183. The summed E-state index contributed by atoms with van der Waals surface area (Å²) >= 11 is 0. The van der Waals surface area contributed by atoms with Crippen LogP contribution in [-0.2, 0) is 16.0 Å². The van der Waals surface area contributed by atoms with E-state index in [0.717, 1.165) is 18.4 Å². The molecule has 1 spiro atoms. The zero-order chi connectivity index (χ0) is 14.0. The molecule has 20 heavy (non-hydrogen) atoms. The van der Waals surface area contributed by atoms with E-state index < -0.39 is 5.79 Å². The molecule has 3 heterocycles. The van der Waals surface area contributed by atoms with E-state index in [1.54, 1.807) is 17.2 Å². The summed E-state index contributed by atoms with van der Waals surface area (Å²) < 4.78 is 11.4. The van der Waals surface area contributed by atoms with Crippen LogP contribution in [0.5, 0.6) is 0 Å². The van der Waals surface area contributed by atoms with Gasteiger partial charge < -0.3 is 20.1 Å². The molecule has 0 aliphatic carbocycles.